The summed E-state index contributed by atoms with van der Waals surface area (Å²) in [5, 5.41) is 8.89. The minimum Gasteiger partial charge on any atom is -0.493 e. The third-order valence-corrected chi connectivity index (χ3v) is 11.5. The number of furan rings is 1. The molecular formula is C55H59N5O12. The number of amides is 4. The Morgan fingerprint density at radius 2 is 1.44 bits per heavy atom. The molecule has 6 rings (SSSR count). The summed E-state index contributed by atoms with van der Waals surface area (Å²) in [6, 6.07) is 33.8. The summed E-state index contributed by atoms with van der Waals surface area (Å²) >= 11 is 0. The van der Waals surface area contributed by atoms with Gasteiger partial charge in [0.15, 0.2) is 5.76 Å². The summed E-state index contributed by atoms with van der Waals surface area (Å²) in [7, 11) is 0. The molecule has 2 aromatic heterocycles. The molecule has 2 unspecified atom stereocenters. The third-order valence-electron chi connectivity index (χ3n) is 11.5. The van der Waals surface area contributed by atoms with Crippen molar-refractivity contribution >= 4 is 42.0 Å². The van der Waals surface area contributed by atoms with Crippen LogP contribution in [0.2, 0.25) is 0 Å². The monoisotopic (exact) mass is 981 g/mol. The van der Waals surface area contributed by atoms with Crippen LogP contribution < -0.4 is 20.7 Å². The van der Waals surface area contributed by atoms with E-state index < -0.39 is 60.1 Å². The van der Waals surface area contributed by atoms with Gasteiger partial charge in [-0.25, -0.2) is 9.59 Å². The van der Waals surface area contributed by atoms with Crippen LogP contribution in [0.3, 0.4) is 0 Å². The van der Waals surface area contributed by atoms with Crippen LogP contribution in [0.1, 0.15) is 102 Å². The number of nitrogens with zero attached hydrogens (tertiary/aromatic N) is 2. The smallest absolute Gasteiger partial charge is 0.363 e. The van der Waals surface area contributed by atoms with Crippen LogP contribution in [0.15, 0.2) is 144 Å². The van der Waals surface area contributed by atoms with Crippen molar-refractivity contribution in [3.8, 4) is 22.8 Å². The van der Waals surface area contributed by atoms with Gasteiger partial charge in [-0.2, -0.15) is 5.06 Å². The van der Waals surface area contributed by atoms with E-state index in [9.17, 15) is 33.6 Å². The molecule has 2 heterocycles. The van der Waals surface area contributed by atoms with Crippen molar-refractivity contribution in [2.24, 2.45) is 5.92 Å². The highest BCUT2D eigenvalue weighted by Gasteiger charge is 2.34. The normalized spacial score (nSPS) is 12.0. The SMILES string of the molecule is CCCCCC(C(=O)NCNC(=O)c1ccc(-c2ccc(C(=O)NC(CC(=O)OCc3ccccc3)C(=O)OCc3ccccc3)c(OCC)c2)o1)[C@@H](CC)N(C=O)OC(=O)c1cccc(-n2cccc2)c1. The maximum atomic E-state index is 13.8. The molecule has 0 bridgehead atoms. The molecule has 17 nitrogen and oxygen atoms in total. The number of benzene rings is 4. The second-order valence-corrected chi connectivity index (χ2v) is 16.6. The van der Waals surface area contributed by atoms with Gasteiger partial charge in [0, 0.05) is 23.6 Å². The van der Waals surface area contributed by atoms with E-state index in [1.807, 2.05) is 54.2 Å². The number of hydrogen-bond donors (Lipinski definition) is 3. The Morgan fingerprint density at radius 3 is 2.11 bits per heavy atom. The molecule has 4 amide bonds. The molecule has 0 radical (unpaired) electrons. The van der Waals surface area contributed by atoms with E-state index >= 15 is 0 Å². The van der Waals surface area contributed by atoms with Gasteiger partial charge in [-0.05, 0) is 85.5 Å². The molecule has 6 aromatic rings. The van der Waals surface area contributed by atoms with Crippen LogP contribution in [0.4, 0.5) is 0 Å². The highest BCUT2D eigenvalue weighted by atomic mass is 16.7. The van der Waals surface area contributed by atoms with E-state index in [-0.39, 0.29) is 61.3 Å². The molecule has 0 fully saturated rings. The summed E-state index contributed by atoms with van der Waals surface area (Å²) in [6.45, 7) is 5.30. The van der Waals surface area contributed by atoms with E-state index in [0.29, 0.717) is 30.4 Å². The Balaban J connectivity index is 1.08. The summed E-state index contributed by atoms with van der Waals surface area (Å²) < 4.78 is 24.5. The van der Waals surface area contributed by atoms with Gasteiger partial charge in [-0.3, -0.25) is 24.0 Å². The third kappa shape index (κ3) is 15.0. The predicted molar refractivity (Wildman–Crippen MR) is 265 cm³/mol. The topological polar surface area (TPSA) is 214 Å². The summed E-state index contributed by atoms with van der Waals surface area (Å²) in [5.41, 5.74) is 2.89. The summed E-state index contributed by atoms with van der Waals surface area (Å²) in [4.78, 5) is 98.7. The molecule has 376 valence electrons. The maximum Gasteiger partial charge on any atom is 0.363 e. The average molecular weight is 982 g/mol. The fourth-order valence-corrected chi connectivity index (χ4v) is 7.78. The zero-order valence-corrected chi connectivity index (χ0v) is 40.5. The van der Waals surface area contributed by atoms with E-state index in [4.69, 9.17) is 23.5 Å². The van der Waals surface area contributed by atoms with Gasteiger partial charge in [0.25, 0.3) is 11.8 Å². The van der Waals surface area contributed by atoms with Crippen molar-refractivity contribution < 1.29 is 57.0 Å². The van der Waals surface area contributed by atoms with Crippen LogP contribution in [-0.2, 0) is 46.7 Å². The van der Waals surface area contributed by atoms with Crippen molar-refractivity contribution in [1.29, 1.82) is 0 Å². The highest BCUT2D eigenvalue weighted by Crippen LogP contribution is 2.30. The number of hydroxylamine groups is 2. The Kier molecular flexibility index (Phi) is 19.9. The summed E-state index contributed by atoms with van der Waals surface area (Å²) in [6.07, 6.45) is 6.60. The number of hydrogen-bond acceptors (Lipinski definition) is 12. The predicted octanol–water partition coefficient (Wildman–Crippen LogP) is 8.12. The first kappa shape index (κ1) is 52.9. The number of rotatable bonds is 27. The Labute approximate surface area is 417 Å². The Morgan fingerprint density at radius 1 is 0.736 bits per heavy atom. The first-order chi connectivity index (χ1) is 35.0. The number of ether oxygens (including phenoxy) is 3. The number of esters is 2. The number of unbranched alkanes of at least 4 members (excludes halogenated alkanes) is 2. The average Bonchev–Trinajstić information content (AvgIpc) is 4.14. The van der Waals surface area contributed by atoms with Gasteiger partial charge < -0.3 is 44.0 Å². The zero-order chi connectivity index (χ0) is 51.2. The Bertz CT molecular complexity index is 2740. The van der Waals surface area contributed by atoms with Crippen LogP contribution in [0.25, 0.3) is 17.0 Å². The molecule has 0 spiro atoms. The molecule has 17 heteroatoms. The number of nitrogens with one attached hydrogen (secondary N) is 3. The number of carbonyl (C=O) groups excluding carboxylic acids is 7. The molecule has 0 saturated heterocycles. The lowest BCUT2D eigenvalue weighted by Gasteiger charge is -2.31. The quantitative estimate of drug-likeness (QED) is 0.0147. The molecule has 0 aliphatic rings. The van der Waals surface area contributed by atoms with Crippen LogP contribution in [-0.4, -0.2) is 77.0 Å². The standard InChI is InChI=1S/C55H59N5O12/c1-4-7-10-24-43(46(5-2)60(37-61)72-54(66)41-22-17-23-42(31-41)59-29-15-16-30-59)51(63)56-36-57-53(65)48-28-27-47(71-48)40-25-26-44(49(32-40)68-6-3)52(64)58-45(55(67)70-35-39-20-13-9-14-21-39)33-50(62)69-34-38-18-11-8-12-19-38/h8-9,11-23,25-32,37,43,45-46H,4-7,10,24,33-36H2,1-3H3,(H,56,63)(H,57,65)(H,58,64)/t43?,45?,46-/m1/s1. The van der Waals surface area contributed by atoms with Crippen molar-refractivity contribution in [2.45, 2.75) is 84.6 Å². The molecule has 0 saturated carbocycles. The molecule has 0 aliphatic carbocycles. The van der Waals surface area contributed by atoms with E-state index in [1.165, 1.54) is 12.1 Å². The largest absolute Gasteiger partial charge is 0.493 e. The van der Waals surface area contributed by atoms with Crippen molar-refractivity contribution in [3.63, 3.8) is 0 Å². The van der Waals surface area contributed by atoms with Gasteiger partial charge in [0.2, 0.25) is 12.3 Å². The van der Waals surface area contributed by atoms with E-state index in [0.717, 1.165) is 29.2 Å². The maximum absolute atomic E-state index is 13.8. The number of carbonyl (C=O) groups is 7. The fraction of sp³-hybridized carbons (Fsp3) is 0.291. The lowest BCUT2D eigenvalue weighted by atomic mass is 9.90. The lowest BCUT2D eigenvalue weighted by molar-refractivity contribution is -0.171. The lowest BCUT2D eigenvalue weighted by Crippen LogP contribution is -2.49. The van der Waals surface area contributed by atoms with Crippen LogP contribution in [0, 0.1) is 5.92 Å². The molecule has 4 aromatic carbocycles. The first-order valence-corrected chi connectivity index (χ1v) is 23.8. The van der Waals surface area contributed by atoms with Crippen LogP contribution >= 0.6 is 0 Å². The molecule has 0 aliphatic heterocycles. The second kappa shape index (κ2) is 27.1. The number of aromatic nitrogens is 1. The van der Waals surface area contributed by atoms with Crippen molar-refractivity contribution in [3.05, 3.63) is 168 Å². The minimum atomic E-state index is -1.41. The summed E-state index contributed by atoms with van der Waals surface area (Å²) in [5.74, 6) is -4.65. The fourth-order valence-electron chi connectivity index (χ4n) is 7.78. The van der Waals surface area contributed by atoms with E-state index in [2.05, 4.69) is 16.0 Å². The molecule has 72 heavy (non-hydrogen) atoms. The van der Waals surface area contributed by atoms with Gasteiger partial charge in [0.1, 0.15) is 30.8 Å². The van der Waals surface area contributed by atoms with Crippen molar-refractivity contribution in [2.75, 3.05) is 13.3 Å². The Hall–Kier alpha value is -8.47. The van der Waals surface area contributed by atoms with Crippen LogP contribution in [0.5, 0.6) is 5.75 Å². The molecule has 3 atom stereocenters. The van der Waals surface area contributed by atoms with E-state index in [1.54, 1.807) is 98.8 Å². The molecular weight excluding hydrogens is 923 g/mol. The minimum absolute atomic E-state index is 0.0295. The molecule has 3 N–H and O–H groups in total. The van der Waals surface area contributed by atoms with Gasteiger partial charge in [0.05, 0.1) is 42.8 Å². The highest BCUT2D eigenvalue weighted by molar-refractivity contribution is 6.00. The van der Waals surface area contributed by atoms with Gasteiger partial charge in [-0.1, -0.05) is 106 Å². The van der Waals surface area contributed by atoms with Gasteiger partial charge in [-0.15, -0.1) is 0 Å². The second-order valence-electron chi connectivity index (χ2n) is 16.6. The van der Waals surface area contributed by atoms with Gasteiger partial charge >= 0.3 is 17.9 Å². The zero-order valence-electron chi connectivity index (χ0n) is 40.5. The van der Waals surface area contributed by atoms with Crippen molar-refractivity contribution in [1.82, 2.24) is 25.6 Å². The first-order valence-electron chi connectivity index (χ1n) is 23.8.